The van der Waals surface area contributed by atoms with Gasteiger partial charge in [0.2, 0.25) is 0 Å². The van der Waals surface area contributed by atoms with Crippen LogP contribution in [0.2, 0.25) is 0 Å². The average molecular weight is 378 g/mol. The molecule has 1 saturated carbocycles. The Kier molecular flexibility index (Phi) is 5.45. The van der Waals surface area contributed by atoms with Crippen molar-refractivity contribution in [3.05, 3.63) is 32.9 Å². The standard InChI is InChI=1S/C18H23N3O2S2/c1-22-7-8-23-14-4-2-13(3-5-14)21-15-6-9-24-16(15)11-20-18(21)17-10-19-12-25-17/h6,9-14,18H,2-5,7-8H2,1H3. The van der Waals surface area contributed by atoms with E-state index in [0.29, 0.717) is 25.4 Å². The van der Waals surface area contributed by atoms with Crippen LogP contribution < -0.4 is 4.90 Å². The monoisotopic (exact) mass is 377 g/mol. The van der Waals surface area contributed by atoms with Crippen LogP contribution in [0.25, 0.3) is 0 Å². The molecule has 0 bridgehead atoms. The molecule has 0 spiro atoms. The van der Waals surface area contributed by atoms with Gasteiger partial charge >= 0.3 is 0 Å². The van der Waals surface area contributed by atoms with Crippen molar-refractivity contribution in [1.82, 2.24) is 4.98 Å². The summed E-state index contributed by atoms with van der Waals surface area (Å²) in [6.45, 7) is 1.37. The molecule has 7 heteroatoms. The van der Waals surface area contributed by atoms with Gasteiger partial charge in [-0.3, -0.25) is 9.98 Å². The largest absolute Gasteiger partial charge is 0.382 e. The fourth-order valence-corrected chi connectivity index (χ4v) is 5.14. The minimum atomic E-state index is 0.0607. The van der Waals surface area contributed by atoms with Crippen molar-refractivity contribution in [3.63, 3.8) is 0 Å². The van der Waals surface area contributed by atoms with Gasteiger partial charge in [0.25, 0.3) is 0 Å². The maximum atomic E-state index is 5.93. The molecule has 134 valence electrons. The highest BCUT2D eigenvalue weighted by molar-refractivity contribution is 7.12. The van der Waals surface area contributed by atoms with Crippen molar-refractivity contribution < 1.29 is 9.47 Å². The molecule has 2 aliphatic rings. The minimum absolute atomic E-state index is 0.0607. The molecule has 4 rings (SSSR count). The van der Waals surface area contributed by atoms with E-state index in [9.17, 15) is 0 Å². The van der Waals surface area contributed by atoms with Gasteiger partial charge in [-0.25, -0.2) is 0 Å². The summed E-state index contributed by atoms with van der Waals surface area (Å²) in [4.78, 5) is 14.1. The SMILES string of the molecule is COCCOC1CCC(N2c3ccsc3C=NC2c2cncs2)CC1. The van der Waals surface area contributed by atoms with Gasteiger partial charge in [-0.2, -0.15) is 0 Å². The van der Waals surface area contributed by atoms with Crippen molar-refractivity contribution in [2.45, 2.75) is 44.0 Å². The maximum Gasteiger partial charge on any atom is 0.158 e. The van der Waals surface area contributed by atoms with E-state index < -0.39 is 0 Å². The topological polar surface area (TPSA) is 47.0 Å². The van der Waals surface area contributed by atoms with Gasteiger partial charge in [0.1, 0.15) is 0 Å². The molecule has 1 aliphatic heterocycles. The van der Waals surface area contributed by atoms with E-state index in [1.165, 1.54) is 15.4 Å². The average Bonchev–Trinajstić information content (AvgIpc) is 3.33. The van der Waals surface area contributed by atoms with Crippen LogP contribution in [0, 0.1) is 0 Å². The van der Waals surface area contributed by atoms with Crippen LogP contribution in [-0.4, -0.2) is 43.7 Å². The number of rotatable bonds is 6. The number of nitrogens with zero attached hydrogens (tertiary/aromatic N) is 3. The zero-order valence-electron chi connectivity index (χ0n) is 14.3. The Morgan fingerprint density at radius 1 is 1.20 bits per heavy atom. The van der Waals surface area contributed by atoms with Crippen LogP contribution in [0.4, 0.5) is 5.69 Å². The highest BCUT2D eigenvalue weighted by atomic mass is 32.1. The molecule has 5 nitrogen and oxygen atoms in total. The molecular formula is C18H23N3O2S2. The first-order valence-electron chi connectivity index (χ1n) is 8.74. The highest BCUT2D eigenvalue weighted by Gasteiger charge is 2.35. The van der Waals surface area contributed by atoms with Gasteiger partial charge in [0, 0.05) is 25.6 Å². The molecule has 1 aliphatic carbocycles. The number of aliphatic imine (C=N–C) groups is 1. The summed E-state index contributed by atoms with van der Waals surface area (Å²) in [5.41, 5.74) is 3.22. The Morgan fingerprint density at radius 2 is 2.08 bits per heavy atom. The Balaban J connectivity index is 1.48. The molecule has 1 fully saturated rings. The summed E-state index contributed by atoms with van der Waals surface area (Å²) >= 11 is 3.45. The molecule has 0 aromatic carbocycles. The first kappa shape index (κ1) is 17.1. The minimum Gasteiger partial charge on any atom is -0.382 e. The Hall–Kier alpha value is -1.28. The number of fused-ring (bicyclic) bond motifs is 1. The second kappa shape index (κ2) is 7.95. The van der Waals surface area contributed by atoms with E-state index in [4.69, 9.17) is 14.5 Å². The van der Waals surface area contributed by atoms with Gasteiger partial charge in [0.15, 0.2) is 6.17 Å². The Bertz CT molecular complexity index is 693. The molecule has 0 N–H and O–H groups in total. The zero-order chi connectivity index (χ0) is 17.1. The lowest BCUT2D eigenvalue weighted by molar-refractivity contribution is -0.00314. The summed E-state index contributed by atoms with van der Waals surface area (Å²) in [7, 11) is 1.72. The highest BCUT2D eigenvalue weighted by Crippen LogP contribution is 2.42. The predicted octanol–water partition coefficient (Wildman–Crippen LogP) is 4.12. The maximum absolute atomic E-state index is 5.93. The van der Waals surface area contributed by atoms with E-state index in [0.717, 1.165) is 25.7 Å². The van der Waals surface area contributed by atoms with Gasteiger partial charge < -0.3 is 14.4 Å². The van der Waals surface area contributed by atoms with Crippen molar-refractivity contribution in [3.8, 4) is 0 Å². The molecule has 1 unspecified atom stereocenters. The van der Waals surface area contributed by atoms with Crippen LogP contribution >= 0.6 is 22.7 Å². The van der Waals surface area contributed by atoms with E-state index in [2.05, 4.69) is 21.3 Å². The fraction of sp³-hybridized carbons (Fsp3) is 0.556. The third-order valence-electron chi connectivity index (χ3n) is 4.93. The molecular weight excluding hydrogens is 354 g/mol. The molecule has 1 atom stereocenters. The van der Waals surface area contributed by atoms with Crippen LogP contribution in [0.5, 0.6) is 0 Å². The molecule has 25 heavy (non-hydrogen) atoms. The summed E-state index contributed by atoms with van der Waals surface area (Å²) in [5.74, 6) is 0. The number of thiophene rings is 1. The van der Waals surface area contributed by atoms with E-state index in [1.54, 1.807) is 29.8 Å². The number of thiazole rings is 1. The first-order valence-corrected chi connectivity index (χ1v) is 10.5. The van der Waals surface area contributed by atoms with Gasteiger partial charge in [-0.15, -0.1) is 22.7 Å². The molecule has 2 aromatic rings. The van der Waals surface area contributed by atoms with Gasteiger partial charge in [0.05, 0.1) is 40.3 Å². The normalized spacial score (nSPS) is 26.0. The quantitative estimate of drug-likeness (QED) is 0.711. The number of hydrogen-bond acceptors (Lipinski definition) is 7. The molecule has 0 amide bonds. The summed E-state index contributed by atoms with van der Waals surface area (Å²) in [6.07, 6.45) is 8.88. The first-order chi connectivity index (χ1) is 12.4. The number of anilines is 1. The lowest BCUT2D eigenvalue weighted by Gasteiger charge is -2.42. The van der Waals surface area contributed by atoms with Crippen molar-refractivity contribution in [2.75, 3.05) is 25.2 Å². The van der Waals surface area contributed by atoms with Crippen LogP contribution in [-0.2, 0) is 9.47 Å². The van der Waals surface area contributed by atoms with E-state index in [-0.39, 0.29) is 6.17 Å². The molecule has 0 radical (unpaired) electrons. The number of aromatic nitrogens is 1. The Morgan fingerprint density at radius 3 is 2.84 bits per heavy atom. The second-order valence-electron chi connectivity index (χ2n) is 6.43. The van der Waals surface area contributed by atoms with Crippen LogP contribution in [0.3, 0.4) is 0 Å². The number of methoxy groups -OCH3 is 1. The van der Waals surface area contributed by atoms with Crippen molar-refractivity contribution in [1.29, 1.82) is 0 Å². The lowest BCUT2D eigenvalue weighted by Crippen LogP contribution is -2.42. The smallest absolute Gasteiger partial charge is 0.158 e. The van der Waals surface area contributed by atoms with Crippen molar-refractivity contribution >= 4 is 34.6 Å². The van der Waals surface area contributed by atoms with Crippen molar-refractivity contribution in [2.24, 2.45) is 4.99 Å². The third-order valence-corrected chi connectivity index (χ3v) is 6.59. The fourth-order valence-electron chi connectivity index (χ4n) is 3.71. The summed E-state index contributed by atoms with van der Waals surface area (Å²) in [6, 6.07) is 2.74. The molecule has 3 heterocycles. The van der Waals surface area contributed by atoms with Crippen LogP contribution in [0.15, 0.2) is 28.1 Å². The number of hydrogen-bond donors (Lipinski definition) is 0. The van der Waals surface area contributed by atoms with Crippen LogP contribution in [0.1, 0.15) is 41.6 Å². The van der Waals surface area contributed by atoms with Gasteiger partial charge in [-0.05, 0) is 37.1 Å². The zero-order valence-corrected chi connectivity index (χ0v) is 16.0. The summed E-state index contributed by atoms with van der Waals surface area (Å²) < 4.78 is 11.0. The number of ether oxygens (including phenoxy) is 2. The van der Waals surface area contributed by atoms with Gasteiger partial charge in [-0.1, -0.05) is 0 Å². The van der Waals surface area contributed by atoms with E-state index >= 15 is 0 Å². The second-order valence-corrected chi connectivity index (χ2v) is 8.29. The Labute approximate surface area is 156 Å². The lowest BCUT2D eigenvalue weighted by atomic mass is 9.90. The summed E-state index contributed by atoms with van der Waals surface area (Å²) in [5, 5.41) is 2.16. The molecule has 2 aromatic heterocycles. The van der Waals surface area contributed by atoms with E-state index in [1.807, 2.05) is 17.9 Å². The predicted molar refractivity (Wildman–Crippen MR) is 103 cm³/mol. The molecule has 0 saturated heterocycles. The third kappa shape index (κ3) is 3.65.